The predicted molar refractivity (Wildman–Crippen MR) is 121 cm³/mol. The molecule has 1 fully saturated rings. The standard InChI is InChI=1S/C24H25FN2O11/c1-12(28)34-17-18(35-13(2)29)20(36-14(3)30)23(37-19(17)22(31)32-4)38-21-16(25)10-26-24(27-21)33-11-15-8-6-5-7-9-15/h5-10,17-20,23H,11H2,1-4H3/t17-,18+,19+,20-,23+/m1/s1. The van der Waals surface area contributed by atoms with E-state index in [0.29, 0.717) is 0 Å². The lowest BCUT2D eigenvalue weighted by molar-refractivity contribution is -0.283. The van der Waals surface area contributed by atoms with Crippen LogP contribution in [-0.4, -0.2) is 71.7 Å². The van der Waals surface area contributed by atoms with Gasteiger partial charge in [0.1, 0.15) is 6.61 Å². The van der Waals surface area contributed by atoms with Gasteiger partial charge in [-0.3, -0.25) is 14.4 Å². The Morgan fingerprint density at radius 2 is 1.53 bits per heavy atom. The third-order valence-corrected chi connectivity index (χ3v) is 4.96. The molecule has 3 rings (SSSR count). The van der Waals surface area contributed by atoms with Crippen molar-refractivity contribution in [2.24, 2.45) is 0 Å². The normalized spacial score (nSPS) is 22.5. The van der Waals surface area contributed by atoms with Crippen LogP contribution in [0.5, 0.6) is 11.9 Å². The van der Waals surface area contributed by atoms with Gasteiger partial charge < -0.3 is 33.2 Å². The Morgan fingerprint density at radius 1 is 0.921 bits per heavy atom. The second-order valence-electron chi connectivity index (χ2n) is 7.87. The van der Waals surface area contributed by atoms with Gasteiger partial charge in [-0.15, -0.1) is 0 Å². The number of halogens is 1. The quantitative estimate of drug-likeness (QED) is 0.333. The molecule has 0 saturated carbocycles. The van der Waals surface area contributed by atoms with E-state index in [-0.39, 0.29) is 12.6 Å². The molecular weight excluding hydrogens is 511 g/mol. The van der Waals surface area contributed by atoms with E-state index in [9.17, 15) is 23.6 Å². The summed E-state index contributed by atoms with van der Waals surface area (Å²) >= 11 is 0. The van der Waals surface area contributed by atoms with E-state index in [1.54, 1.807) is 24.3 Å². The van der Waals surface area contributed by atoms with Gasteiger partial charge in [-0.1, -0.05) is 30.3 Å². The molecule has 1 aromatic heterocycles. The summed E-state index contributed by atoms with van der Waals surface area (Å²) in [5, 5.41) is 0. The number of aromatic nitrogens is 2. The van der Waals surface area contributed by atoms with Crippen molar-refractivity contribution in [3.8, 4) is 11.9 Å². The number of methoxy groups -OCH3 is 1. The van der Waals surface area contributed by atoms with Gasteiger partial charge in [-0.25, -0.2) is 9.78 Å². The summed E-state index contributed by atoms with van der Waals surface area (Å²) in [5.41, 5.74) is 0.787. The molecule has 0 radical (unpaired) electrons. The Balaban J connectivity index is 1.95. The number of rotatable bonds is 9. The summed E-state index contributed by atoms with van der Waals surface area (Å²) < 4.78 is 51.6. The minimum Gasteiger partial charge on any atom is -0.467 e. The number of benzene rings is 1. The smallest absolute Gasteiger partial charge is 0.339 e. The Kier molecular flexibility index (Phi) is 9.49. The number of carbonyl (C=O) groups is 4. The van der Waals surface area contributed by atoms with E-state index in [1.807, 2.05) is 6.07 Å². The highest BCUT2D eigenvalue weighted by molar-refractivity contribution is 5.77. The van der Waals surface area contributed by atoms with Crippen molar-refractivity contribution >= 4 is 23.9 Å². The van der Waals surface area contributed by atoms with Crippen LogP contribution in [0.2, 0.25) is 0 Å². The van der Waals surface area contributed by atoms with Crippen LogP contribution in [-0.2, 0) is 49.5 Å². The van der Waals surface area contributed by atoms with Crippen LogP contribution in [0.3, 0.4) is 0 Å². The molecule has 1 aromatic carbocycles. The molecule has 13 nitrogen and oxygen atoms in total. The molecule has 0 aliphatic carbocycles. The predicted octanol–water partition coefficient (Wildman–Crippen LogP) is 1.27. The van der Waals surface area contributed by atoms with E-state index >= 15 is 0 Å². The van der Waals surface area contributed by atoms with Gasteiger partial charge in [0.25, 0.3) is 5.88 Å². The first kappa shape index (κ1) is 28.2. The van der Waals surface area contributed by atoms with Crippen molar-refractivity contribution in [1.82, 2.24) is 9.97 Å². The first-order valence-corrected chi connectivity index (χ1v) is 11.2. The van der Waals surface area contributed by atoms with E-state index in [0.717, 1.165) is 39.6 Å². The molecule has 38 heavy (non-hydrogen) atoms. The third kappa shape index (κ3) is 7.35. The van der Waals surface area contributed by atoms with Crippen LogP contribution in [0.25, 0.3) is 0 Å². The van der Waals surface area contributed by atoms with Gasteiger partial charge in [0.15, 0.2) is 18.3 Å². The zero-order valence-corrected chi connectivity index (χ0v) is 20.8. The minimum atomic E-state index is -1.79. The Hall–Kier alpha value is -4.33. The highest BCUT2D eigenvalue weighted by Gasteiger charge is 2.56. The summed E-state index contributed by atoms with van der Waals surface area (Å²) in [5.74, 6) is -5.41. The van der Waals surface area contributed by atoms with Gasteiger partial charge in [-0.05, 0) is 5.56 Å². The van der Waals surface area contributed by atoms with Crippen molar-refractivity contribution in [3.05, 3.63) is 47.9 Å². The fourth-order valence-electron chi connectivity index (χ4n) is 3.50. The highest BCUT2D eigenvalue weighted by Crippen LogP contribution is 2.31. The Labute approximate surface area is 216 Å². The maximum atomic E-state index is 14.6. The van der Waals surface area contributed by atoms with Crippen LogP contribution in [0.4, 0.5) is 4.39 Å². The van der Waals surface area contributed by atoms with Crippen LogP contribution in [0, 0.1) is 5.82 Å². The molecule has 1 saturated heterocycles. The number of esters is 4. The fourth-order valence-corrected chi connectivity index (χ4v) is 3.50. The second-order valence-corrected chi connectivity index (χ2v) is 7.87. The summed E-state index contributed by atoms with van der Waals surface area (Å²) in [6.07, 6.45) is -7.58. The summed E-state index contributed by atoms with van der Waals surface area (Å²) in [6.45, 7) is 3.17. The van der Waals surface area contributed by atoms with E-state index in [2.05, 4.69) is 9.97 Å². The molecule has 0 spiro atoms. The van der Waals surface area contributed by atoms with E-state index in [1.165, 1.54) is 0 Å². The van der Waals surface area contributed by atoms with Crippen LogP contribution in [0.1, 0.15) is 26.3 Å². The van der Waals surface area contributed by atoms with Crippen LogP contribution in [0.15, 0.2) is 36.5 Å². The van der Waals surface area contributed by atoms with Crippen molar-refractivity contribution in [2.45, 2.75) is 58.1 Å². The number of hydrogen-bond acceptors (Lipinski definition) is 13. The number of carbonyl (C=O) groups excluding carboxylic acids is 4. The van der Waals surface area contributed by atoms with Gasteiger partial charge in [0.05, 0.1) is 13.3 Å². The molecule has 0 N–H and O–H groups in total. The largest absolute Gasteiger partial charge is 0.467 e. The maximum Gasteiger partial charge on any atom is 0.339 e. The maximum absolute atomic E-state index is 14.6. The highest BCUT2D eigenvalue weighted by atomic mass is 19.1. The molecule has 14 heteroatoms. The van der Waals surface area contributed by atoms with Crippen LogP contribution >= 0.6 is 0 Å². The molecule has 0 amide bonds. The summed E-state index contributed by atoms with van der Waals surface area (Å²) in [7, 11) is 1.03. The third-order valence-electron chi connectivity index (χ3n) is 4.96. The van der Waals surface area contributed by atoms with Crippen molar-refractivity contribution in [1.29, 1.82) is 0 Å². The van der Waals surface area contributed by atoms with Gasteiger partial charge in [0.2, 0.25) is 18.2 Å². The van der Waals surface area contributed by atoms with Crippen molar-refractivity contribution in [2.75, 3.05) is 7.11 Å². The van der Waals surface area contributed by atoms with E-state index < -0.39 is 66.3 Å². The SMILES string of the molecule is COC(=O)[C@H]1O[C@@H](Oc2nc(OCc3ccccc3)ncc2F)[C@H](OC(C)=O)[C@@H](OC(C)=O)[C@H]1OC(C)=O. The average molecular weight is 536 g/mol. The lowest BCUT2D eigenvalue weighted by Crippen LogP contribution is -2.64. The minimum absolute atomic E-state index is 0.0604. The molecule has 5 atom stereocenters. The van der Waals surface area contributed by atoms with Gasteiger partial charge in [0, 0.05) is 20.8 Å². The van der Waals surface area contributed by atoms with Crippen molar-refractivity contribution in [3.63, 3.8) is 0 Å². The fraction of sp³-hybridized carbons (Fsp3) is 0.417. The molecule has 204 valence electrons. The average Bonchev–Trinajstić information content (AvgIpc) is 2.87. The zero-order valence-electron chi connectivity index (χ0n) is 20.8. The Morgan fingerprint density at radius 3 is 2.13 bits per heavy atom. The van der Waals surface area contributed by atoms with Crippen LogP contribution < -0.4 is 9.47 Å². The summed E-state index contributed by atoms with van der Waals surface area (Å²) in [4.78, 5) is 55.7. The first-order chi connectivity index (χ1) is 18.1. The Bertz CT molecular complexity index is 1160. The first-order valence-electron chi connectivity index (χ1n) is 11.2. The molecule has 0 unspecified atom stereocenters. The van der Waals surface area contributed by atoms with Gasteiger partial charge in [-0.2, -0.15) is 9.37 Å². The zero-order chi connectivity index (χ0) is 27.8. The lowest BCUT2D eigenvalue weighted by atomic mass is 9.97. The van der Waals surface area contributed by atoms with E-state index in [4.69, 9.17) is 33.2 Å². The molecule has 1 aliphatic heterocycles. The molecule has 2 aromatic rings. The topological polar surface area (TPSA) is 159 Å². The molecule has 2 heterocycles. The molecular formula is C24H25FN2O11. The lowest BCUT2D eigenvalue weighted by Gasteiger charge is -2.42. The molecule has 0 bridgehead atoms. The molecule has 1 aliphatic rings. The van der Waals surface area contributed by atoms with Gasteiger partial charge >= 0.3 is 29.9 Å². The van der Waals surface area contributed by atoms with Crippen molar-refractivity contribution < 1.29 is 56.7 Å². The summed E-state index contributed by atoms with van der Waals surface area (Å²) in [6, 6.07) is 8.75. The second kappa shape index (κ2) is 12.8. The number of ether oxygens (including phenoxy) is 7. The number of nitrogens with zero attached hydrogens (tertiary/aromatic N) is 2. The monoisotopic (exact) mass is 536 g/mol. The number of hydrogen-bond donors (Lipinski definition) is 0.